The van der Waals surface area contributed by atoms with Gasteiger partial charge in [0, 0.05) is 13.0 Å². The van der Waals surface area contributed by atoms with Gasteiger partial charge in [0.2, 0.25) is 5.91 Å². The molecule has 4 aromatic rings. The van der Waals surface area contributed by atoms with E-state index in [2.05, 4.69) is 5.32 Å². The minimum atomic E-state index is -4.51. The molecule has 0 radical (unpaired) electrons. The van der Waals surface area contributed by atoms with Gasteiger partial charge in [-0.05, 0) is 58.1 Å². The minimum Gasteiger partial charge on any atom is -0.481 e. The zero-order valence-electron chi connectivity index (χ0n) is 22.0. The van der Waals surface area contributed by atoms with E-state index in [0.29, 0.717) is 27.9 Å². The quantitative estimate of drug-likeness (QED) is 0.283. The third kappa shape index (κ3) is 6.01. The predicted molar refractivity (Wildman–Crippen MR) is 150 cm³/mol. The fourth-order valence-electron chi connectivity index (χ4n) is 4.92. The van der Waals surface area contributed by atoms with E-state index in [9.17, 15) is 31.2 Å². The molecule has 0 aliphatic carbocycles. The van der Waals surface area contributed by atoms with Crippen LogP contribution in [0.5, 0.6) is 0 Å². The fraction of sp³-hybridized carbons (Fsp3) is 0.161. The zero-order chi connectivity index (χ0) is 30.1. The first-order valence-electron chi connectivity index (χ1n) is 12.9. The summed E-state index contributed by atoms with van der Waals surface area (Å²) in [6.07, 6.45) is -4.48. The van der Waals surface area contributed by atoms with Crippen LogP contribution in [0, 0.1) is 0 Å². The van der Waals surface area contributed by atoms with Crippen molar-refractivity contribution in [3.8, 4) is 11.1 Å². The lowest BCUT2D eigenvalue weighted by molar-refractivity contribution is -0.138. The average Bonchev–Trinajstić information content (AvgIpc) is 3.37. The van der Waals surface area contributed by atoms with Crippen molar-refractivity contribution in [1.29, 1.82) is 0 Å². The number of sulfonamides is 1. The molecular weight excluding hydrogens is 569 g/mol. The Balaban J connectivity index is 1.38. The molecule has 7 nitrogen and oxygen atoms in total. The maximum absolute atomic E-state index is 13.9. The third-order valence-corrected chi connectivity index (χ3v) is 8.84. The standard InChI is InChI=1S/C31H25F3N2O5S/c32-31(33,34)25-6-3-5-23(17-25)22-12-14-26(15-13-22)42(40,41)36-27-7-2-1-4-24(27)18-28(36)30(39)35-19-21-10-8-20(9-11-21)16-29(37)38/h1-15,17,28H,16,18-19H2,(H,35,39)(H,37,38)/t28-/m0/s1. The van der Waals surface area contributed by atoms with Crippen LogP contribution < -0.4 is 9.62 Å². The summed E-state index contributed by atoms with van der Waals surface area (Å²) in [5.74, 6) is -1.46. The number of nitrogens with zero attached hydrogens (tertiary/aromatic N) is 1. The van der Waals surface area contributed by atoms with Crippen LogP contribution in [0.2, 0.25) is 0 Å². The largest absolute Gasteiger partial charge is 0.481 e. The molecule has 0 saturated heterocycles. The second kappa shape index (κ2) is 11.3. The topological polar surface area (TPSA) is 104 Å². The van der Waals surface area contributed by atoms with E-state index in [1.54, 1.807) is 48.5 Å². The number of anilines is 1. The van der Waals surface area contributed by atoms with E-state index in [-0.39, 0.29) is 29.8 Å². The highest BCUT2D eigenvalue weighted by molar-refractivity contribution is 7.93. The van der Waals surface area contributed by atoms with Crippen molar-refractivity contribution in [2.75, 3.05) is 4.31 Å². The minimum absolute atomic E-state index is 0.109. The van der Waals surface area contributed by atoms with Crippen LogP contribution in [-0.2, 0) is 45.2 Å². The fourth-order valence-corrected chi connectivity index (χ4v) is 6.57. The van der Waals surface area contributed by atoms with Crippen LogP contribution >= 0.6 is 0 Å². The van der Waals surface area contributed by atoms with E-state index in [4.69, 9.17) is 5.11 Å². The SMILES string of the molecule is O=C(O)Cc1ccc(CNC(=O)[C@@H]2Cc3ccccc3N2S(=O)(=O)c2ccc(-c3cccc(C(F)(F)F)c3)cc2)cc1. The number of para-hydroxylation sites is 1. The molecule has 216 valence electrons. The van der Waals surface area contributed by atoms with Gasteiger partial charge < -0.3 is 10.4 Å². The van der Waals surface area contributed by atoms with Crippen molar-refractivity contribution in [1.82, 2.24) is 5.32 Å². The van der Waals surface area contributed by atoms with Gasteiger partial charge in [-0.1, -0.05) is 66.7 Å². The van der Waals surface area contributed by atoms with Crippen LogP contribution in [0.25, 0.3) is 11.1 Å². The Morgan fingerprint density at radius 2 is 1.52 bits per heavy atom. The lowest BCUT2D eigenvalue weighted by Crippen LogP contribution is -2.47. The van der Waals surface area contributed by atoms with Gasteiger partial charge in [0.25, 0.3) is 10.0 Å². The number of nitrogens with one attached hydrogen (secondary N) is 1. The lowest BCUT2D eigenvalue weighted by Gasteiger charge is -2.26. The molecule has 1 atom stereocenters. The summed E-state index contributed by atoms with van der Waals surface area (Å²) in [6, 6.07) is 22.7. The molecule has 4 aromatic carbocycles. The number of alkyl halides is 3. The summed E-state index contributed by atoms with van der Waals surface area (Å²) in [4.78, 5) is 24.1. The van der Waals surface area contributed by atoms with Gasteiger partial charge in [0.05, 0.1) is 22.6 Å². The van der Waals surface area contributed by atoms with Gasteiger partial charge in [-0.2, -0.15) is 13.2 Å². The van der Waals surface area contributed by atoms with Crippen LogP contribution in [0.1, 0.15) is 22.3 Å². The molecule has 1 amide bonds. The molecule has 1 aliphatic rings. The maximum atomic E-state index is 13.9. The van der Waals surface area contributed by atoms with E-state index in [1.165, 1.54) is 36.4 Å². The molecule has 0 spiro atoms. The molecule has 5 rings (SSSR count). The highest BCUT2D eigenvalue weighted by Gasteiger charge is 2.42. The van der Waals surface area contributed by atoms with E-state index in [0.717, 1.165) is 16.4 Å². The Labute approximate surface area is 240 Å². The normalized spacial score (nSPS) is 14.8. The summed E-state index contributed by atoms with van der Waals surface area (Å²) in [5.41, 5.74) is 2.26. The summed E-state index contributed by atoms with van der Waals surface area (Å²) in [6.45, 7) is 0.110. The first kappa shape index (κ1) is 28.9. The molecular formula is C31H25F3N2O5S. The monoisotopic (exact) mass is 594 g/mol. The number of halogens is 3. The number of amides is 1. The van der Waals surface area contributed by atoms with Crippen molar-refractivity contribution in [2.45, 2.75) is 36.5 Å². The van der Waals surface area contributed by atoms with Crippen molar-refractivity contribution in [3.63, 3.8) is 0 Å². The maximum Gasteiger partial charge on any atom is 0.416 e. The average molecular weight is 595 g/mol. The van der Waals surface area contributed by atoms with Crippen molar-refractivity contribution < 1.29 is 36.3 Å². The number of benzene rings is 4. The Bertz CT molecular complexity index is 1740. The highest BCUT2D eigenvalue weighted by Crippen LogP contribution is 2.38. The van der Waals surface area contributed by atoms with E-state index >= 15 is 0 Å². The molecule has 0 saturated carbocycles. The van der Waals surface area contributed by atoms with Crippen LogP contribution in [0.3, 0.4) is 0 Å². The Morgan fingerprint density at radius 3 is 2.19 bits per heavy atom. The molecule has 1 aliphatic heterocycles. The second-order valence-corrected chi connectivity index (χ2v) is 11.7. The van der Waals surface area contributed by atoms with E-state index < -0.39 is 39.7 Å². The number of carboxylic acid groups (broad SMARTS) is 1. The summed E-state index contributed by atoms with van der Waals surface area (Å²) in [7, 11) is -4.24. The number of rotatable bonds is 8. The van der Waals surface area contributed by atoms with Gasteiger partial charge in [-0.3, -0.25) is 13.9 Å². The molecule has 42 heavy (non-hydrogen) atoms. The molecule has 0 aromatic heterocycles. The Morgan fingerprint density at radius 1 is 0.857 bits per heavy atom. The Hall–Kier alpha value is -4.64. The summed E-state index contributed by atoms with van der Waals surface area (Å²) >= 11 is 0. The van der Waals surface area contributed by atoms with Gasteiger partial charge in [-0.15, -0.1) is 0 Å². The number of carbonyl (C=O) groups excluding carboxylic acids is 1. The van der Waals surface area contributed by atoms with Crippen molar-refractivity contribution in [2.24, 2.45) is 0 Å². The third-order valence-electron chi connectivity index (χ3n) is 7.01. The van der Waals surface area contributed by atoms with Gasteiger partial charge in [0.1, 0.15) is 6.04 Å². The number of hydrogen-bond acceptors (Lipinski definition) is 4. The number of carboxylic acids is 1. The highest BCUT2D eigenvalue weighted by atomic mass is 32.2. The molecule has 11 heteroatoms. The molecule has 0 bridgehead atoms. The van der Waals surface area contributed by atoms with Gasteiger partial charge in [-0.25, -0.2) is 8.42 Å². The number of hydrogen-bond donors (Lipinski definition) is 2. The lowest BCUT2D eigenvalue weighted by atomic mass is 10.0. The molecule has 0 fully saturated rings. The molecule has 0 unspecified atom stereocenters. The van der Waals surface area contributed by atoms with Crippen molar-refractivity contribution >= 4 is 27.6 Å². The zero-order valence-corrected chi connectivity index (χ0v) is 22.8. The number of aliphatic carboxylic acids is 1. The predicted octanol–water partition coefficient (Wildman–Crippen LogP) is 5.44. The van der Waals surface area contributed by atoms with Gasteiger partial charge in [0.15, 0.2) is 0 Å². The first-order valence-corrected chi connectivity index (χ1v) is 14.3. The van der Waals surface area contributed by atoms with Crippen molar-refractivity contribution in [3.05, 3.63) is 119 Å². The van der Waals surface area contributed by atoms with Gasteiger partial charge >= 0.3 is 12.1 Å². The molecule has 1 heterocycles. The smallest absolute Gasteiger partial charge is 0.416 e. The van der Waals surface area contributed by atoms with Crippen LogP contribution in [-0.4, -0.2) is 31.4 Å². The van der Waals surface area contributed by atoms with Crippen LogP contribution in [0.15, 0.2) is 102 Å². The Kier molecular flexibility index (Phi) is 7.79. The number of fused-ring (bicyclic) bond motifs is 1. The second-order valence-electron chi connectivity index (χ2n) is 9.86. The number of carbonyl (C=O) groups is 2. The van der Waals surface area contributed by atoms with E-state index in [1.807, 2.05) is 0 Å². The summed E-state index contributed by atoms with van der Waals surface area (Å²) < 4.78 is 68.4. The molecule has 2 N–H and O–H groups in total. The summed E-state index contributed by atoms with van der Waals surface area (Å²) in [5, 5.41) is 11.7. The van der Waals surface area contributed by atoms with Crippen LogP contribution in [0.4, 0.5) is 18.9 Å². The first-order chi connectivity index (χ1) is 19.9.